The van der Waals surface area contributed by atoms with Gasteiger partial charge in [0.1, 0.15) is 6.54 Å². The van der Waals surface area contributed by atoms with E-state index in [1.54, 1.807) is 16.7 Å². The number of para-hydroxylation sites is 1. The summed E-state index contributed by atoms with van der Waals surface area (Å²) in [5.41, 5.74) is 2.75. The maximum absolute atomic E-state index is 13.1. The van der Waals surface area contributed by atoms with E-state index in [1.807, 2.05) is 66.9 Å². The Bertz CT molecular complexity index is 1000. The fourth-order valence-electron chi connectivity index (χ4n) is 3.12. The van der Waals surface area contributed by atoms with Gasteiger partial charge in [-0.1, -0.05) is 42.5 Å². The largest absolute Gasteiger partial charge is 0.302 e. The highest BCUT2D eigenvalue weighted by atomic mass is 32.2. The first kappa shape index (κ1) is 18.7. The number of aromatic nitrogens is 1. The Morgan fingerprint density at radius 3 is 2.68 bits per heavy atom. The minimum atomic E-state index is -0.249. The molecule has 1 atom stereocenters. The van der Waals surface area contributed by atoms with Gasteiger partial charge in [-0.3, -0.25) is 9.59 Å². The molecule has 2 heterocycles. The van der Waals surface area contributed by atoms with Crippen LogP contribution in [0.4, 0.5) is 10.8 Å². The van der Waals surface area contributed by atoms with Crippen LogP contribution >= 0.6 is 23.1 Å². The summed E-state index contributed by atoms with van der Waals surface area (Å²) in [5, 5.41) is 5.24. The maximum Gasteiger partial charge on any atom is 0.246 e. The summed E-state index contributed by atoms with van der Waals surface area (Å²) in [6, 6.07) is 17.8. The molecular weight excluding hydrogens is 390 g/mol. The van der Waals surface area contributed by atoms with E-state index in [0.717, 1.165) is 21.8 Å². The zero-order valence-corrected chi connectivity index (χ0v) is 16.9. The van der Waals surface area contributed by atoms with Gasteiger partial charge in [0.15, 0.2) is 5.13 Å². The third kappa shape index (κ3) is 4.10. The number of nitrogens with one attached hydrogen (secondary N) is 1. The Kier molecular flexibility index (Phi) is 5.45. The molecule has 142 valence electrons. The normalized spacial score (nSPS) is 16.4. The first-order valence-corrected chi connectivity index (χ1v) is 10.7. The molecule has 4 rings (SSSR count). The van der Waals surface area contributed by atoms with Crippen LogP contribution < -0.4 is 10.2 Å². The third-order valence-electron chi connectivity index (χ3n) is 4.42. The molecule has 1 aromatic heterocycles. The lowest BCUT2D eigenvalue weighted by Crippen LogP contribution is -2.38. The van der Waals surface area contributed by atoms with Crippen molar-refractivity contribution < 1.29 is 9.59 Å². The number of nitrogens with zero attached hydrogens (tertiary/aromatic N) is 2. The maximum atomic E-state index is 13.1. The highest BCUT2D eigenvalue weighted by molar-refractivity contribution is 7.99. The first-order chi connectivity index (χ1) is 13.6. The quantitative estimate of drug-likeness (QED) is 0.681. The Morgan fingerprint density at radius 2 is 1.93 bits per heavy atom. The molecule has 0 saturated carbocycles. The van der Waals surface area contributed by atoms with Crippen LogP contribution in [0, 0.1) is 6.92 Å². The number of fused-ring (bicyclic) bond motifs is 1. The monoisotopic (exact) mass is 409 g/mol. The number of carbonyl (C=O) groups is 2. The number of anilines is 2. The Labute approximate surface area is 171 Å². The number of aryl methyl sites for hydroxylation is 1. The topological polar surface area (TPSA) is 62.3 Å². The molecule has 0 saturated heterocycles. The predicted octanol–water partition coefficient (Wildman–Crippen LogP) is 4.66. The van der Waals surface area contributed by atoms with E-state index in [4.69, 9.17) is 0 Å². The minimum Gasteiger partial charge on any atom is -0.302 e. The van der Waals surface area contributed by atoms with Crippen molar-refractivity contribution in [1.82, 2.24) is 4.98 Å². The fourth-order valence-corrected chi connectivity index (χ4v) is 5.10. The molecule has 1 aliphatic rings. The smallest absolute Gasteiger partial charge is 0.246 e. The second kappa shape index (κ2) is 8.16. The minimum absolute atomic E-state index is 0.0181. The number of rotatable bonds is 4. The van der Waals surface area contributed by atoms with Crippen LogP contribution in [-0.4, -0.2) is 23.3 Å². The van der Waals surface area contributed by atoms with E-state index in [9.17, 15) is 9.59 Å². The van der Waals surface area contributed by atoms with Crippen LogP contribution in [0.3, 0.4) is 0 Å². The fraction of sp³-hybridized carbons (Fsp3) is 0.190. The van der Waals surface area contributed by atoms with Crippen molar-refractivity contribution in [2.24, 2.45) is 0 Å². The molecule has 3 aromatic rings. The van der Waals surface area contributed by atoms with E-state index in [0.29, 0.717) is 11.6 Å². The van der Waals surface area contributed by atoms with E-state index < -0.39 is 0 Å². The molecule has 5 nitrogen and oxygen atoms in total. The number of thiazole rings is 1. The van der Waals surface area contributed by atoms with Gasteiger partial charge >= 0.3 is 0 Å². The number of hydrogen-bond donors (Lipinski definition) is 1. The summed E-state index contributed by atoms with van der Waals surface area (Å²) in [4.78, 5) is 32.5. The van der Waals surface area contributed by atoms with Crippen molar-refractivity contribution in [3.8, 4) is 0 Å². The first-order valence-electron chi connectivity index (χ1n) is 8.93. The van der Waals surface area contributed by atoms with E-state index in [2.05, 4.69) is 10.3 Å². The molecule has 0 spiro atoms. The van der Waals surface area contributed by atoms with Crippen LogP contribution in [0.15, 0.2) is 64.9 Å². The number of amides is 2. The van der Waals surface area contributed by atoms with Crippen molar-refractivity contribution in [3.05, 3.63) is 71.2 Å². The molecule has 7 heteroatoms. The summed E-state index contributed by atoms with van der Waals surface area (Å²) >= 11 is 3.05. The summed E-state index contributed by atoms with van der Waals surface area (Å²) in [6.07, 6.45) is 0.340. The van der Waals surface area contributed by atoms with Crippen molar-refractivity contribution in [2.45, 2.75) is 23.5 Å². The number of thioether (sulfide) groups is 1. The molecule has 1 aliphatic heterocycles. The summed E-state index contributed by atoms with van der Waals surface area (Å²) in [5.74, 6) is -0.308. The van der Waals surface area contributed by atoms with E-state index >= 15 is 0 Å². The second-order valence-corrected chi connectivity index (χ2v) is 8.61. The second-order valence-electron chi connectivity index (χ2n) is 6.51. The molecule has 1 unspecified atom stereocenters. The molecule has 0 fully saturated rings. The van der Waals surface area contributed by atoms with Gasteiger partial charge in [-0.05, 0) is 24.6 Å². The van der Waals surface area contributed by atoms with Crippen LogP contribution in [0.2, 0.25) is 0 Å². The van der Waals surface area contributed by atoms with Crippen molar-refractivity contribution in [1.29, 1.82) is 0 Å². The van der Waals surface area contributed by atoms with Gasteiger partial charge in [0.05, 0.1) is 11.4 Å². The number of benzene rings is 2. The lowest BCUT2D eigenvalue weighted by Gasteiger charge is -2.21. The average Bonchev–Trinajstić information content (AvgIpc) is 3.05. The Morgan fingerprint density at radius 1 is 1.18 bits per heavy atom. The molecule has 2 amide bonds. The van der Waals surface area contributed by atoms with Gasteiger partial charge in [0, 0.05) is 21.9 Å². The van der Waals surface area contributed by atoms with Gasteiger partial charge in [-0.2, -0.15) is 0 Å². The van der Waals surface area contributed by atoms with Crippen molar-refractivity contribution >= 4 is 45.7 Å². The average molecular weight is 410 g/mol. The van der Waals surface area contributed by atoms with Gasteiger partial charge in [-0.25, -0.2) is 4.98 Å². The number of hydrogen-bond acceptors (Lipinski definition) is 5. The summed E-state index contributed by atoms with van der Waals surface area (Å²) in [7, 11) is 0. The van der Waals surface area contributed by atoms with Gasteiger partial charge in [-0.15, -0.1) is 23.1 Å². The predicted molar refractivity (Wildman–Crippen MR) is 114 cm³/mol. The Balaban J connectivity index is 1.59. The lowest BCUT2D eigenvalue weighted by atomic mass is 10.1. The van der Waals surface area contributed by atoms with E-state index in [-0.39, 0.29) is 23.6 Å². The SMILES string of the molecule is Cc1csc(NC(=O)CN2C(=O)CC(c3ccccc3)Sc3ccccc32)n1. The van der Waals surface area contributed by atoms with Gasteiger partial charge in [0.2, 0.25) is 11.8 Å². The van der Waals surface area contributed by atoms with E-state index in [1.165, 1.54) is 11.3 Å². The third-order valence-corrected chi connectivity index (χ3v) is 6.62. The van der Waals surface area contributed by atoms with Crippen molar-refractivity contribution in [2.75, 3.05) is 16.8 Å². The molecule has 0 bridgehead atoms. The standard InChI is InChI=1S/C21H19N3O2S2/c1-14-13-27-21(22-14)23-19(25)12-24-16-9-5-6-10-17(16)28-18(11-20(24)26)15-7-3-2-4-8-15/h2-10,13,18H,11-12H2,1H3,(H,22,23,25). The molecule has 0 aliphatic carbocycles. The summed E-state index contributed by atoms with van der Waals surface area (Å²) < 4.78 is 0. The molecule has 1 N–H and O–H groups in total. The zero-order chi connectivity index (χ0) is 19.5. The van der Waals surface area contributed by atoms with Gasteiger partial charge in [0.25, 0.3) is 0 Å². The zero-order valence-electron chi connectivity index (χ0n) is 15.3. The molecule has 28 heavy (non-hydrogen) atoms. The van der Waals surface area contributed by atoms with Crippen LogP contribution in [-0.2, 0) is 9.59 Å². The van der Waals surface area contributed by atoms with Gasteiger partial charge < -0.3 is 10.2 Å². The molecule has 0 radical (unpaired) electrons. The van der Waals surface area contributed by atoms with Crippen LogP contribution in [0.1, 0.15) is 22.9 Å². The van der Waals surface area contributed by atoms with Crippen LogP contribution in [0.25, 0.3) is 0 Å². The van der Waals surface area contributed by atoms with Crippen LogP contribution in [0.5, 0.6) is 0 Å². The van der Waals surface area contributed by atoms with Crippen molar-refractivity contribution in [3.63, 3.8) is 0 Å². The Hall–Kier alpha value is -2.64. The molecular formula is C21H19N3O2S2. The molecule has 2 aromatic carbocycles. The number of carbonyl (C=O) groups excluding carboxylic acids is 2. The highest BCUT2D eigenvalue weighted by Crippen LogP contribution is 2.45. The summed E-state index contributed by atoms with van der Waals surface area (Å²) in [6.45, 7) is 1.85. The highest BCUT2D eigenvalue weighted by Gasteiger charge is 2.30. The lowest BCUT2D eigenvalue weighted by molar-refractivity contribution is -0.121.